The molecule has 0 aliphatic rings. The highest BCUT2D eigenvalue weighted by Crippen LogP contribution is 2.29. The number of rotatable bonds is 13. The number of hydrogen-bond donors (Lipinski definition) is 1. The highest BCUT2D eigenvalue weighted by molar-refractivity contribution is 8.77. The van der Waals surface area contributed by atoms with Crippen LogP contribution in [0.3, 0.4) is 0 Å². The van der Waals surface area contributed by atoms with E-state index in [2.05, 4.69) is 14.7 Å². The molecule has 48 heavy (non-hydrogen) atoms. The van der Waals surface area contributed by atoms with Crippen LogP contribution >= 0.6 is 54.8 Å². The van der Waals surface area contributed by atoms with E-state index < -0.39 is 21.4 Å². The lowest BCUT2D eigenvalue weighted by Gasteiger charge is -2.05. The smallest absolute Gasteiger partial charge is 0.433 e. The number of aromatic nitrogens is 2. The predicted octanol–water partition coefficient (Wildman–Crippen LogP) is 8.73. The van der Waals surface area contributed by atoms with Gasteiger partial charge in [0, 0.05) is 59.8 Å². The average molecular weight is 757 g/mol. The van der Waals surface area contributed by atoms with Gasteiger partial charge in [0.1, 0.15) is 28.2 Å². The minimum absolute atomic E-state index is 0. The third-order valence-corrected chi connectivity index (χ3v) is 9.17. The largest absolute Gasteiger partial charge is 0.513 e. The summed E-state index contributed by atoms with van der Waals surface area (Å²) in [5, 5.41) is 31.1. The third kappa shape index (κ3) is 18.9. The van der Waals surface area contributed by atoms with Crippen molar-refractivity contribution in [2.24, 2.45) is 0 Å². The minimum atomic E-state index is -0.978. The summed E-state index contributed by atoms with van der Waals surface area (Å²) in [6, 6.07) is 21.6. The van der Waals surface area contributed by atoms with Crippen LogP contribution in [0.4, 0.5) is 21.0 Å². The molecular weight excluding hydrogens is 728 g/mol. The number of aliphatic hydroxyl groups excluding tert-OH is 1. The third-order valence-electron chi connectivity index (χ3n) is 4.62. The van der Waals surface area contributed by atoms with Gasteiger partial charge in [0.25, 0.3) is 11.4 Å². The Labute approximate surface area is 296 Å². The number of carbonyl (C=O) groups is 2. The lowest BCUT2D eigenvalue weighted by molar-refractivity contribution is -0.385. The summed E-state index contributed by atoms with van der Waals surface area (Å²) in [5.74, 6) is 1.69. The number of pyridine rings is 2. The Balaban J connectivity index is 0.000000391. The van der Waals surface area contributed by atoms with Gasteiger partial charge < -0.3 is 19.3 Å². The van der Waals surface area contributed by atoms with Crippen molar-refractivity contribution in [1.29, 1.82) is 0 Å². The van der Waals surface area contributed by atoms with Crippen molar-refractivity contribution >= 4 is 77.7 Å². The molecule has 0 saturated carbocycles. The van der Waals surface area contributed by atoms with E-state index in [1.54, 1.807) is 34.0 Å². The number of nitro groups is 2. The second kappa shape index (κ2) is 25.0. The zero-order chi connectivity index (χ0) is 34.3. The lowest BCUT2D eigenvalue weighted by Crippen LogP contribution is -2.12. The van der Waals surface area contributed by atoms with E-state index >= 15 is 0 Å². The number of carbonyl (C=O) groups excluding carboxylic acids is 2. The van der Waals surface area contributed by atoms with Crippen LogP contribution < -0.4 is 9.47 Å². The van der Waals surface area contributed by atoms with Crippen molar-refractivity contribution in [3.8, 4) is 11.5 Å². The Morgan fingerprint density at radius 1 is 0.729 bits per heavy atom. The van der Waals surface area contributed by atoms with Crippen molar-refractivity contribution in [1.82, 2.24) is 9.97 Å². The van der Waals surface area contributed by atoms with Gasteiger partial charge in [-0.25, -0.2) is 19.6 Å². The van der Waals surface area contributed by atoms with Crippen LogP contribution in [-0.4, -0.2) is 61.2 Å². The summed E-state index contributed by atoms with van der Waals surface area (Å²) in [7, 11) is 6.20. The molecule has 19 heteroatoms. The first-order valence-corrected chi connectivity index (χ1v) is 17.9. The van der Waals surface area contributed by atoms with Gasteiger partial charge >= 0.3 is 11.6 Å². The molecule has 0 aliphatic heterocycles. The van der Waals surface area contributed by atoms with E-state index in [1.807, 2.05) is 36.4 Å². The molecule has 0 bridgehead atoms. The fourth-order valence-electron chi connectivity index (χ4n) is 2.68. The Morgan fingerprint density at radius 3 is 1.58 bits per heavy atom. The molecule has 1 N–H and O–H groups in total. The number of nitro benzene ring substituents is 2. The summed E-state index contributed by atoms with van der Waals surface area (Å²) in [6.45, 7) is 0.417. The average Bonchev–Trinajstić information content (AvgIpc) is 3.06. The van der Waals surface area contributed by atoms with Gasteiger partial charge in [0.15, 0.2) is 0 Å². The van der Waals surface area contributed by atoms with Crippen LogP contribution in [0.5, 0.6) is 11.5 Å². The number of aliphatic hydroxyl groups is 1. The van der Waals surface area contributed by atoms with Crippen molar-refractivity contribution in [3.05, 3.63) is 118 Å². The van der Waals surface area contributed by atoms with Crippen LogP contribution in [0.2, 0.25) is 0 Å². The first-order chi connectivity index (χ1) is 22.7. The molecule has 14 nitrogen and oxygen atoms in total. The summed E-state index contributed by atoms with van der Waals surface area (Å²) >= 11 is 4.92. The summed E-state index contributed by atoms with van der Waals surface area (Å²) < 4.78 is 14.3. The zero-order valence-corrected chi connectivity index (χ0v) is 28.0. The van der Waals surface area contributed by atoms with Crippen LogP contribution in [0.25, 0.3) is 0 Å². The Kier molecular flexibility index (Phi) is 21.9. The molecule has 2 aromatic heterocycles. The first kappa shape index (κ1) is 42.0. The molecule has 4 aromatic rings. The fraction of sp³-hybridized carbons (Fsp3) is 0.172. The standard InChI is InChI=1S/C14H12N2O5S2.C7H4ClNO4.C7H9NOS2.CH4/c17-14(21-12-6-4-11(5-7-12)16(18)19)20-9-10-22-23-13-3-1-2-8-15-13;8-7(10)13-6-3-1-5(2-4-6)9(11)12;9-5-6-10-11-7-3-1-2-4-8-7;/h1-8H,9-10H2;1-4H;1-4,9H,5-6H2;1H4. The zero-order valence-electron chi connectivity index (χ0n) is 24.0. The van der Waals surface area contributed by atoms with Crippen LogP contribution in [-0.2, 0) is 4.74 Å². The molecule has 0 spiro atoms. The number of ether oxygens (including phenoxy) is 3. The maximum absolute atomic E-state index is 11.5. The van der Waals surface area contributed by atoms with E-state index in [9.17, 15) is 29.8 Å². The summed E-state index contributed by atoms with van der Waals surface area (Å²) in [4.78, 5) is 49.6. The van der Waals surface area contributed by atoms with Crippen molar-refractivity contribution in [3.63, 3.8) is 0 Å². The normalized spacial score (nSPS) is 9.62. The van der Waals surface area contributed by atoms with Crippen molar-refractivity contribution < 1.29 is 38.8 Å². The summed E-state index contributed by atoms with van der Waals surface area (Å²) in [6.07, 6.45) is 2.63. The van der Waals surface area contributed by atoms with Crippen molar-refractivity contribution in [2.75, 3.05) is 24.7 Å². The van der Waals surface area contributed by atoms with E-state index in [1.165, 1.54) is 70.1 Å². The van der Waals surface area contributed by atoms with Gasteiger partial charge in [-0.1, -0.05) is 41.1 Å². The van der Waals surface area contributed by atoms with Crippen LogP contribution in [0.15, 0.2) is 107 Å². The predicted molar refractivity (Wildman–Crippen MR) is 189 cm³/mol. The Bertz CT molecular complexity index is 1530. The van der Waals surface area contributed by atoms with Gasteiger partial charge in [0.2, 0.25) is 0 Å². The number of nitrogens with zero attached hydrogens (tertiary/aromatic N) is 4. The number of hydrogen-bond acceptors (Lipinski definition) is 16. The number of non-ortho nitro benzene ring substituents is 2. The number of halogens is 1. The second-order valence-electron chi connectivity index (χ2n) is 7.91. The molecule has 256 valence electrons. The lowest BCUT2D eigenvalue weighted by atomic mass is 10.3. The molecule has 0 saturated heterocycles. The molecule has 2 heterocycles. The summed E-state index contributed by atoms with van der Waals surface area (Å²) in [5.41, 5.74) is -1.13. The molecule has 0 fully saturated rings. The Hall–Kier alpha value is -4.07. The highest BCUT2D eigenvalue weighted by atomic mass is 35.5. The van der Waals surface area contributed by atoms with Gasteiger partial charge in [-0.2, -0.15) is 0 Å². The van der Waals surface area contributed by atoms with E-state index in [-0.39, 0.29) is 43.5 Å². The minimum Gasteiger partial charge on any atom is -0.433 e. The molecule has 4 rings (SSSR count). The highest BCUT2D eigenvalue weighted by Gasteiger charge is 2.09. The van der Waals surface area contributed by atoms with Crippen molar-refractivity contribution in [2.45, 2.75) is 17.5 Å². The van der Waals surface area contributed by atoms with Gasteiger partial charge in [-0.05, 0) is 70.1 Å². The first-order valence-electron chi connectivity index (χ1n) is 12.9. The maximum Gasteiger partial charge on any atom is 0.513 e. The van der Waals surface area contributed by atoms with E-state index in [0.29, 0.717) is 5.75 Å². The van der Waals surface area contributed by atoms with Gasteiger partial charge in [-0.3, -0.25) is 20.2 Å². The van der Waals surface area contributed by atoms with Gasteiger partial charge in [-0.15, -0.1) is 0 Å². The molecular formula is C29H29ClN4O10S4. The molecule has 0 radical (unpaired) electrons. The molecule has 0 aliphatic carbocycles. The fourth-order valence-corrected chi connectivity index (χ4v) is 6.13. The SMILES string of the molecule is C.O=C(Cl)Oc1ccc([N+](=O)[O-])cc1.O=C(OCCSSc1ccccn1)Oc1ccc([N+](=O)[O-])cc1.OCCSSc1ccccn1. The van der Waals surface area contributed by atoms with E-state index in [0.717, 1.165) is 15.8 Å². The maximum atomic E-state index is 11.5. The van der Waals surface area contributed by atoms with Crippen LogP contribution in [0, 0.1) is 20.2 Å². The molecule has 0 unspecified atom stereocenters. The van der Waals surface area contributed by atoms with Gasteiger partial charge in [0.05, 0.1) is 16.5 Å². The van der Waals surface area contributed by atoms with Crippen LogP contribution in [0.1, 0.15) is 7.43 Å². The molecule has 0 atom stereocenters. The Morgan fingerprint density at radius 2 is 1.19 bits per heavy atom. The quantitative estimate of drug-likeness (QED) is 0.0258. The monoisotopic (exact) mass is 756 g/mol. The molecule has 0 amide bonds. The van der Waals surface area contributed by atoms with E-state index in [4.69, 9.17) is 26.2 Å². The number of benzene rings is 2. The molecule has 2 aromatic carbocycles. The topological polar surface area (TPSA) is 194 Å². The second-order valence-corrected chi connectivity index (χ2v) is 13.1.